The summed E-state index contributed by atoms with van der Waals surface area (Å²) >= 11 is 0. The van der Waals surface area contributed by atoms with Gasteiger partial charge in [0.15, 0.2) is 0 Å². The molecule has 0 aliphatic heterocycles. The zero-order valence-electron chi connectivity index (χ0n) is 23.3. The van der Waals surface area contributed by atoms with Crippen molar-refractivity contribution < 1.29 is 48.0 Å². The van der Waals surface area contributed by atoms with E-state index in [1.807, 2.05) is 6.92 Å². The molecule has 0 aliphatic rings. The molecule has 0 radical (unpaired) electrons. The Hall–Kier alpha value is -4.60. The van der Waals surface area contributed by atoms with Crippen LogP contribution in [0.25, 0.3) is 6.08 Å². The number of rotatable bonds is 9. The van der Waals surface area contributed by atoms with Crippen molar-refractivity contribution in [3.63, 3.8) is 0 Å². The predicted octanol–water partition coefficient (Wildman–Crippen LogP) is 4.61. The molecule has 10 heteroatoms. The van der Waals surface area contributed by atoms with Gasteiger partial charge >= 0.3 is 23.9 Å². The van der Waals surface area contributed by atoms with Crippen LogP contribution in [0, 0.1) is 13.8 Å². The summed E-state index contributed by atoms with van der Waals surface area (Å²) in [7, 11) is 4.88. The molecule has 0 fully saturated rings. The van der Waals surface area contributed by atoms with Gasteiger partial charge in [0.05, 0.1) is 39.6 Å². The molecule has 0 unspecified atom stereocenters. The Morgan fingerprint density at radius 2 is 1.23 bits per heavy atom. The molecule has 0 aromatic heterocycles. The predicted molar refractivity (Wildman–Crippen MR) is 145 cm³/mol. The lowest BCUT2D eigenvalue weighted by molar-refractivity contribution is 0.0550. The average Bonchev–Trinajstić information content (AvgIpc) is 2.95. The number of methoxy groups -OCH3 is 4. The van der Waals surface area contributed by atoms with Gasteiger partial charge in [-0.1, -0.05) is 32.2 Å². The van der Waals surface area contributed by atoms with E-state index in [9.17, 15) is 24.3 Å². The van der Waals surface area contributed by atoms with Crippen LogP contribution in [-0.2, 0) is 25.4 Å². The SMILES string of the molecule is C=CCOc1cc(CC)c(C)c(C(=O)OC)c1C(=O)OC.C=Cc1cc(O)c(C(=O)OC)c(C(=O)OC)c1C. The maximum atomic E-state index is 12.1. The van der Waals surface area contributed by atoms with Crippen LogP contribution < -0.4 is 4.74 Å². The molecular weight excluding hydrogens is 508 g/mol. The minimum absolute atomic E-state index is 0.0146. The molecule has 39 heavy (non-hydrogen) atoms. The summed E-state index contributed by atoms with van der Waals surface area (Å²) < 4.78 is 24.2. The summed E-state index contributed by atoms with van der Waals surface area (Å²) in [5.41, 5.74) is 2.68. The number of hydrogen-bond donors (Lipinski definition) is 1. The number of esters is 4. The van der Waals surface area contributed by atoms with Crippen molar-refractivity contribution in [2.24, 2.45) is 0 Å². The lowest BCUT2D eigenvalue weighted by atomic mass is 9.94. The van der Waals surface area contributed by atoms with Crippen molar-refractivity contribution in [3.05, 3.63) is 75.9 Å². The first kappa shape index (κ1) is 32.4. The molecule has 0 spiro atoms. The molecule has 0 saturated carbocycles. The van der Waals surface area contributed by atoms with Crippen molar-refractivity contribution in [2.45, 2.75) is 27.2 Å². The molecule has 1 N–H and O–H groups in total. The van der Waals surface area contributed by atoms with E-state index in [1.165, 1.54) is 40.6 Å². The Morgan fingerprint density at radius 1 is 0.769 bits per heavy atom. The zero-order valence-corrected chi connectivity index (χ0v) is 23.3. The quantitative estimate of drug-likeness (QED) is 0.272. The van der Waals surface area contributed by atoms with Gasteiger partial charge < -0.3 is 28.8 Å². The highest BCUT2D eigenvalue weighted by molar-refractivity contribution is 6.07. The van der Waals surface area contributed by atoms with Gasteiger partial charge in [-0.3, -0.25) is 0 Å². The Balaban J connectivity index is 0.000000395. The highest BCUT2D eigenvalue weighted by atomic mass is 16.5. The highest BCUT2D eigenvalue weighted by Crippen LogP contribution is 2.31. The van der Waals surface area contributed by atoms with Gasteiger partial charge in [-0.05, 0) is 54.7 Å². The molecule has 10 nitrogen and oxygen atoms in total. The van der Waals surface area contributed by atoms with Crippen LogP contribution in [0.15, 0.2) is 31.4 Å². The lowest BCUT2D eigenvalue weighted by Gasteiger charge is -2.17. The molecule has 0 bridgehead atoms. The summed E-state index contributed by atoms with van der Waals surface area (Å²) in [5.74, 6) is -2.79. The van der Waals surface area contributed by atoms with Crippen molar-refractivity contribution in [2.75, 3.05) is 35.0 Å². The van der Waals surface area contributed by atoms with E-state index >= 15 is 0 Å². The van der Waals surface area contributed by atoms with E-state index in [-0.39, 0.29) is 34.6 Å². The summed E-state index contributed by atoms with van der Waals surface area (Å²) in [4.78, 5) is 47.5. The molecular formula is C29H34O10. The zero-order chi connectivity index (χ0) is 29.9. The third-order valence-electron chi connectivity index (χ3n) is 5.78. The number of hydrogen-bond acceptors (Lipinski definition) is 10. The van der Waals surface area contributed by atoms with Crippen molar-refractivity contribution >= 4 is 30.0 Å². The maximum absolute atomic E-state index is 12.1. The standard InChI is InChI=1S/C16H20O5.C13H14O5/c1-6-8-21-12-9-11(7-2)10(3)13(15(17)19-4)14(12)16(18)20-5;1-5-8-6-9(14)11(13(16)18-4)10(7(8)2)12(15)17-3/h6,9H,1,7-8H2,2-5H3;5-6,14H,1H2,2-4H3. The first-order chi connectivity index (χ1) is 18.5. The number of phenols is 1. The van der Waals surface area contributed by atoms with Gasteiger partial charge in [0.2, 0.25) is 0 Å². The molecule has 0 aliphatic carbocycles. The van der Waals surface area contributed by atoms with E-state index in [2.05, 4.69) is 22.6 Å². The summed E-state index contributed by atoms with van der Waals surface area (Å²) in [6.45, 7) is 12.7. The van der Waals surface area contributed by atoms with Crippen LogP contribution in [-0.4, -0.2) is 64.0 Å². The lowest BCUT2D eigenvalue weighted by Crippen LogP contribution is -2.17. The van der Waals surface area contributed by atoms with Crippen LogP contribution >= 0.6 is 0 Å². The van der Waals surface area contributed by atoms with E-state index in [1.54, 1.807) is 26.0 Å². The molecule has 0 heterocycles. The van der Waals surface area contributed by atoms with Gasteiger partial charge in [-0.2, -0.15) is 0 Å². The minimum Gasteiger partial charge on any atom is -0.507 e. The summed E-state index contributed by atoms with van der Waals surface area (Å²) in [6, 6.07) is 3.10. The van der Waals surface area contributed by atoms with E-state index in [0.29, 0.717) is 28.9 Å². The summed E-state index contributed by atoms with van der Waals surface area (Å²) in [6.07, 6.45) is 3.73. The normalized spacial score (nSPS) is 9.82. The fourth-order valence-electron chi connectivity index (χ4n) is 3.77. The van der Waals surface area contributed by atoms with Gasteiger partial charge in [-0.25, -0.2) is 19.2 Å². The second-order valence-electron chi connectivity index (χ2n) is 7.89. The number of aryl methyl sites for hydroxylation is 1. The Morgan fingerprint density at radius 3 is 1.67 bits per heavy atom. The van der Waals surface area contributed by atoms with Gasteiger partial charge in [0.1, 0.15) is 29.2 Å². The molecule has 2 aromatic carbocycles. The van der Waals surface area contributed by atoms with Crippen molar-refractivity contribution in [1.82, 2.24) is 0 Å². The van der Waals surface area contributed by atoms with Crippen LogP contribution in [0.1, 0.15) is 70.6 Å². The van der Waals surface area contributed by atoms with Gasteiger partial charge in [0, 0.05) is 0 Å². The van der Waals surface area contributed by atoms with Crippen molar-refractivity contribution in [3.8, 4) is 11.5 Å². The molecule has 210 valence electrons. The topological polar surface area (TPSA) is 135 Å². The molecule has 0 atom stereocenters. The first-order valence-corrected chi connectivity index (χ1v) is 11.7. The maximum Gasteiger partial charge on any atom is 0.342 e. The Labute approximate surface area is 227 Å². The van der Waals surface area contributed by atoms with Crippen molar-refractivity contribution in [1.29, 1.82) is 0 Å². The second-order valence-corrected chi connectivity index (χ2v) is 7.89. The smallest absolute Gasteiger partial charge is 0.342 e. The fourth-order valence-corrected chi connectivity index (χ4v) is 3.77. The number of carbonyl (C=O) groups is 4. The van der Waals surface area contributed by atoms with Crippen LogP contribution in [0.3, 0.4) is 0 Å². The molecule has 0 amide bonds. The van der Waals surface area contributed by atoms with E-state index in [0.717, 1.165) is 5.56 Å². The number of ether oxygens (including phenoxy) is 5. The average molecular weight is 543 g/mol. The Bertz CT molecular complexity index is 1270. The fraction of sp³-hybridized carbons (Fsp3) is 0.310. The van der Waals surface area contributed by atoms with Crippen LogP contribution in [0.4, 0.5) is 0 Å². The minimum atomic E-state index is -0.799. The first-order valence-electron chi connectivity index (χ1n) is 11.7. The van der Waals surface area contributed by atoms with E-state index in [4.69, 9.17) is 14.2 Å². The molecule has 2 rings (SSSR count). The van der Waals surface area contributed by atoms with E-state index < -0.39 is 23.9 Å². The summed E-state index contributed by atoms with van der Waals surface area (Å²) in [5, 5.41) is 9.82. The number of phenolic OH excluding ortho intramolecular Hbond substituents is 1. The number of aromatic hydroxyl groups is 1. The van der Waals surface area contributed by atoms with Gasteiger partial charge in [0.25, 0.3) is 0 Å². The molecule has 0 saturated heterocycles. The van der Waals surface area contributed by atoms with Crippen LogP contribution in [0.5, 0.6) is 11.5 Å². The monoisotopic (exact) mass is 542 g/mol. The van der Waals surface area contributed by atoms with Crippen LogP contribution in [0.2, 0.25) is 0 Å². The molecule has 2 aromatic rings. The highest BCUT2D eigenvalue weighted by Gasteiger charge is 2.28. The third-order valence-corrected chi connectivity index (χ3v) is 5.78. The van der Waals surface area contributed by atoms with Gasteiger partial charge in [-0.15, -0.1) is 0 Å². The second kappa shape index (κ2) is 15.0. The Kier molecular flexibility index (Phi) is 12.4. The third kappa shape index (κ3) is 7.25. The number of carbonyl (C=O) groups excluding carboxylic acids is 4. The largest absolute Gasteiger partial charge is 0.507 e. The number of benzene rings is 2.